The van der Waals surface area contributed by atoms with Gasteiger partial charge in [-0.15, -0.1) is 0 Å². The molecule has 0 aliphatic heterocycles. The third kappa shape index (κ3) is 4.92. The zero-order valence-electron chi connectivity index (χ0n) is 17.0. The van der Waals surface area contributed by atoms with Gasteiger partial charge in [-0.25, -0.2) is 14.2 Å². The van der Waals surface area contributed by atoms with Gasteiger partial charge in [-0.05, 0) is 57.4 Å². The molecule has 0 saturated heterocycles. The molecule has 2 aromatic heterocycles. The number of amides is 1. The van der Waals surface area contributed by atoms with E-state index in [1.807, 2.05) is 25.1 Å². The second-order valence-corrected chi connectivity index (χ2v) is 8.22. The quantitative estimate of drug-likeness (QED) is 0.404. The first kappa shape index (κ1) is 22.9. The van der Waals surface area contributed by atoms with Gasteiger partial charge in [0.25, 0.3) is 5.91 Å². The van der Waals surface area contributed by atoms with Gasteiger partial charge in [-0.1, -0.05) is 29.5 Å². The van der Waals surface area contributed by atoms with E-state index in [4.69, 9.17) is 4.42 Å². The van der Waals surface area contributed by atoms with Gasteiger partial charge in [0.2, 0.25) is 0 Å². The Morgan fingerprint density at radius 1 is 1.13 bits per heavy atom. The average molecular weight is 461 g/mol. The van der Waals surface area contributed by atoms with Crippen LogP contribution in [-0.2, 0) is 0 Å². The van der Waals surface area contributed by atoms with Crippen molar-refractivity contribution in [2.75, 3.05) is 32.1 Å². The monoisotopic (exact) mass is 460 g/mol. The van der Waals surface area contributed by atoms with Crippen molar-refractivity contribution in [2.24, 2.45) is 0 Å². The molecule has 0 spiro atoms. The Morgan fingerprint density at radius 3 is 2.68 bits per heavy atom. The summed E-state index contributed by atoms with van der Waals surface area (Å²) in [5.74, 6) is -0.842. The second kappa shape index (κ2) is 9.55. The van der Waals surface area contributed by atoms with Crippen molar-refractivity contribution < 1.29 is 26.0 Å². The fraction of sp³-hybridized carbons (Fsp3) is 0.227. The molecule has 0 aliphatic carbocycles. The number of hydrogen-bond acceptors (Lipinski definition) is 6. The predicted octanol–water partition coefficient (Wildman–Crippen LogP) is 1.14. The molecular formula is C22H20ClFN3O3S-. The Balaban J connectivity index is 0.00000272. The Labute approximate surface area is 188 Å². The van der Waals surface area contributed by atoms with Crippen molar-refractivity contribution in [1.29, 1.82) is 0 Å². The number of fused-ring (bicyclic) bond motifs is 2. The predicted molar refractivity (Wildman–Crippen MR) is 117 cm³/mol. The van der Waals surface area contributed by atoms with Crippen LogP contribution in [0.4, 0.5) is 9.52 Å². The van der Waals surface area contributed by atoms with Gasteiger partial charge in [0.15, 0.2) is 5.13 Å². The number of carbonyl (C=O) groups is 1. The molecule has 0 radical (unpaired) electrons. The minimum Gasteiger partial charge on any atom is -1.00 e. The maximum Gasteiger partial charge on any atom is 0.349 e. The molecule has 2 aromatic carbocycles. The normalized spacial score (nSPS) is 11.1. The van der Waals surface area contributed by atoms with Crippen molar-refractivity contribution in [3.63, 3.8) is 0 Å². The Hall–Kier alpha value is -2.81. The first-order valence-corrected chi connectivity index (χ1v) is 10.3. The third-order valence-corrected chi connectivity index (χ3v) is 5.72. The van der Waals surface area contributed by atoms with E-state index in [1.54, 1.807) is 30.3 Å². The van der Waals surface area contributed by atoms with Gasteiger partial charge < -0.3 is 21.7 Å². The highest BCUT2D eigenvalue weighted by Crippen LogP contribution is 2.30. The van der Waals surface area contributed by atoms with Crippen LogP contribution in [0.5, 0.6) is 0 Å². The lowest BCUT2D eigenvalue weighted by Gasteiger charge is -2.20. The molecule has 0 N–H and O–H groups in total. The summed E-state index contributed by atoms with van der Waals surface area (Å²) in [4.78, 5) is 33.9. The SMILES string of the molecule is CN(C)CCCN(C(=O)c1cc2ccccc2oc1=O)c1nc2ccc(F)cc2s1.[Cl-]. The van der Waals surface area contributed by atoms with E-state index in [2.05, 4.69) is 4.98 Å². The van der Waals surface area contributed by atoms with Gasteiger partial charge in [0, 0.05) is 11.9 Å². The highest BCUT2D eigenvalue weighted by atomic mass is 35.5. The number of aromatic nitrogens is 1. The summed E-state index contributed by atoms with van der Waals surface area (Å²) in [6.45, 7) is 1.13. The van der Waals surface area contributed by atoms with E-state index < -0.39 is 11.5 Å². The van der Waals surface area contributed by atoms with E-state index in [0.29, 0.717) is 39.3 Å². The number of rotatable bonds is 6. The molecule has 6 nitrogen and oxygen atoms in total. The fourth-order valence-electron chi connectivity index (χ4n) is 3.19. The van der Waals surface area contributed by atoms with Gasteiger partial charge in [-0.3, -0.25) is 9.69 Å². The van der Waals surface area contributed by atoms with Crippen molar-refractivity contribution in [3.05, 3.63) is 70.3 Å². The Kier molecular flexibility index (Phi) is 7.04. The van der Waals surface area contributed by atoms with Crippen LogP contribution in [0, 0.1) is 5.82 Å². The number of anilines is 1. The van der Waals surface area contributed by atoms with Gasteiger partial charge >= 0.3 is 5.63 Å². The molecule has 0 atom stereocenters. The van der Waals surface area contributed by atoms with Crippen LogP contribution in [0.2, 0.25) is 0 Å². The van der Waals surface area contributed by atoms with Crippen LogP contribution in [0.15, 0.2) is 57.7 Å². The molecule has 9 heteroatoms. The van der Waals surface area contributed by atoms with Crippen molar-refractivity contribution in [3.8, 4) is 0 Å². The van der Waals surface area contributed by atoms with Crippen LogP contribution in [-0.4, -0.2) is 43.0 Å². The van der Waals surface area contributed by atoms with E-state index in [0.717, 1.165) is 6.54 Å². The van der Waals surface area contributed by atoms with E-state index in [-0.39, 0.29) is 23.8 Å². The molecule has 162 valence electrons. The molecular weight excluding hydrogens is 441 g/mol. The maximum atomic E-state index is 13.6. The van der Waals surface area contributed by atoms with Crippen LogP contribution in [0.3, 0.4) is 0 Å². The number of halogens is 2. The summed E-state index contributed by atoms with van der Waals surface area (Å²) in [6.07, 6.45) is 0.682. The molecule has 0 fully saturated rings. The van der Waals surface area contributed by atoms with Crippen molar-refractivity contribution >= 4 is 43.6 Å². The average Bonchev–Trinajstić information content (AvgIpc) is 3.12. The van der Waals surface area contributed by atoms with Crippen LogP contribution in [0.25, 0.3) is 21.2 Å². The highest BCUT2D eigenvalue weighted by Gasteiger charge is 2.24. The molecule has 0 unspecified atom stereocenters. The number of thiazole rings is 1. The van der Waals surface area contributed by atoms with Crippen LogP contribution < -0.4 is 22.9 Å². The first-order chi connectivity index (χ1) is 14.4. The van der Waals surface area contributed by atoms with E-state index in [9.17, 15) is 14.0 Å². The van der Waals surface area contributed by atoms with Crippen molar-refractivity contribution in [1.82, 2.24) is 9.88 Å². The topological polar surface area (TPSA) is 66.7 Å². The van der Waals surface area contributed by atoms with E-state index >= 15 is 0 Å². The van der Waals surface area contributed by atoms with Crippen LogP contribution in [0.1, 0.15) is 16.8 Å². The van der Waals surface area contributed by atoms with Crippen molar-refractivity contribution in [2.45, 2.75) is 6.42 Å². The lowest BCUT2D eigenvalue weighted by Crippen LogP contribution is -3.00. The molecule has 0 aliphatic rings. The fourth-order valence-corrected chi connectivity index (χ4v) is 4.20. The summed E-state index contributed by atoms with van der Waals surface area (Å²) in [5, 5.41) is 1.09. The maximum absolute atomic E-state index is 13.6. The Morgan fingerprint density at radius 2 is 1.90 bits per heavy atom. The number of carbonyl (C=O) groups excluding carboxylic acids is 1. The summed E-state index contributed by atoms with van der Waals surface area (Å²) in [5.41, 5.74) is 0.286. The standard InChI is InChI=1S/C22H20FN3O3S.ClH/c1-25(2)10-5-11-26(22-24-17-9-8-15(23)13-19(17)30-22)20(27)16-12-14-6-3-4-7-18(14)29-21(16)28;/h3-4,6-9,12-13H,5,10-11H2,1-2H3;1H/p-1. The molecule has 0 bridgehead atoms. The van der Waals surface area contributed by atoms with Crippen LogP contribution >= 0.6 is 11.3 Å². The molecule has 0 saturated carbocycles. The minimum atomic E-state index is -0.691. The van der Waals surface area contributed by atoms with Gasteiger partial charge in [-0.2, -0.15) is 0 Å². The molecule has 31 heavy (non-hydrogen) atoms. The molecule has 4 aromatic rings. The number of nitrogens with zero attached hydrogens (tertiary/aromatic N) is 3. The molecule has 4 rings (SSSR count). The number of hydrogen-bond donors (Lipinski definition) is 0. The summed E-state index contributed by atoms with van der Waals surface area (Å²) >= 11 is 1.22. The zero-order valence-corrected chi connectivity index (χ0v) is 18.5. The second-order valence-electron chi connectivity index (χ2n) is 7.21. The summed E-state index contributed by atoms with van der Waals surface area (Å²) in [7, 11) is 3.90. The van der Waals surface area contributed by atoms with E-state index in [1.165, 1.54) is 28.4 Å². The highest BCUT2D eigenvalue weighted by molar-refractivity contribution is 7.22. The number of para-hydroxylation sites is 1. The zero-order chi connectivity index (χ0) is 21.3. The molecule has 1 amide bonds. The first-order valence-electron chi connectivity index (χ1n) is 9.48. The molecule has 2 heterocycles. The van der Waals surface area contributed by atoms with Gasteiger partial charge in [0.1, 0.15) is 17.0 Å². The Bertz CT molecular complexity index is 1290. The third-order valence-electron chi connectivity index (χ3n) is 4.67. The minimum absolute atomic E-state index is 0. The smallest absolute Gasteiger partial charge is 0.349 e. The number of benzene rings is 2. The largest absolute Gasteiger partial charge is 1.00 e. The summed E-state index contributed by atoms with van der Waals surface area (Å²) in [6, 6.07) is 12.9. The summed E-state index contributed by atoms with van der Waals surface area (Å²) < 4.78 is 19.6. The lowest BCUT2D eigenvalue weighted by molar-refractivity contribution is -0.0000150. The van der Waals surface area contributed by atoms with Gasteiger partial charge in [0.05, 0.1) is 10.2 Å². The lowest BCUT2D eigenvalue weighted by atomic mass is 10.1.